The number of hydrogen-bond donors (Lipinski definition) is 1. The van der Waals surface area contributed by atoms with Crippen LogP contribution in [0.5, 0.6) is 0 Å². The number of rotatable bonds is 2. The van der Waals surface area contributed by atoms with E-state index in [1.165, 1.54) is 0 Å². The zero-order chi connectivity index (χ0) is 10.1. The molecule has 0 aliphatic heterocycles. The minimum atomic E-state index is 0.406. The number of H-pyrrole nitrogens is 1. The fourth-order valence-electron chi connectivity index (χ4n) is 1.40. The number of allylic oxidation sites excluding steroid dienone is 1. The van der Waals surface area contributed by atoms with Crippen molar-refractivity contribution >= 4 is 16.6 Å². The summed E-state index contributed by atoms with van der Waals surface area (Å²) in [6.45, 7) is 8.28. The van der Waals surface area contributed by atoms with Crippen LogP contribution in [0, 0.1) is 5.92 Å². The topological polar surface area (TPSA) is 41.6 Å². The van der Waals surface area contributed by atoms with E-state index in [1.807, 2.05) is 12.3 Å². The van der Waals surface area contributed by atoms with Gasteiger partial charge in [-0.3, -0.25) is 0 Å². The molecule has 0 saturated carbocycles. The Labute approximate surface area is 82.9 Å². The average molecular weight is 187 g/mol. The molecule has 0 aromatic carbocycles. The van der Waals surface area contributed by atoms with Crippen LogP contribution in [0.3, 0.4) is 0 Å². The van der Waals surface area contributed by atoms with Gasteiger partial charge < -0.3 is 4.98 Å². The summed E-state index contributed by atoms with van der Waals surface area (Å²) in [7, 11) is 0. The van der Waals surface area contributed by atoms with Gasteiger partial charge in [0.25, 0.3) is 0 Å². The molecule has 0 amide bonds. The van der Waals surface area contributed by atoms with Gasteiger partial charge in [0.05, 0.1) is 5.69 Å². The number of aromatic nitrogens is 3. The van der Waals surface area contributed by atoms with Crippen LogP contribution in [0.1, 0.15) is 19.5 Å². The summed E-state index contributed by atoms with van der Waals surface area (Å²) in [4.78, 5) is 11.5. The molecule has 0 unspecified atom stereocenters. The molecule has 2 aromatic rings. The first-order valence-electron chi connectivity index (χ1n) is 4.67. The van der Waals surface area contributed by atoms with Gasteiger partial charge in [0.15, 0.2) is 0 Å². The predicted octanol–water partition coefficient (Wildman–Crippen LogP) is 2.63. The summed E-state index contributed by atoms with van der Waals surface area (Å²) < 4.78 is 0. The van der Waals surface area contributed by atoms with E-state index in [9.17, 15) is 0 Å². The van der Waals surface area contributed by atoms with E-state index in [-0.39, 0.29) is 0 Å². The Hall–Kier alpha value is -1.64. The van der Waals surface area contributed by atoms with Gasteiger partial charge in [-0.25, -0.2) is 9.97 Å². The van der Waals surface area contributed by atoms with Crippen LogP contribution in [-0.2, 0) is 0 Å². The molecule has 0 spiro atoms. The average Bonchev–Trinajstić information content (AvgIpc) is 2.63. The van der Waals surface area contributed by atoms with Gasteiger partial charge >= 0.3 is 0 Å². The first kappa shape index (κ1) is 8.94. The molecule has 2 aromatic heterocycles. The second kappa shape index (κ2) is 3.25. The van der Waals surface area contributed by atoms with Crippen LogP contribution in [0.2, 0.25) is 0 Å². The van der Waals surface area contributed by atoms with E-state index in [0.717, 1.165) is 22.3 Å². The quantitative estimate of drug-likeness (QED) is 0.785. The Bertz CT molecular complexity index is 468. The molecule has 2 heterocycles. The maximum Gasteiger partial charge on any atom is 0.141 e. The SMILES string of the molecule is C=C(c1ncnc2[nH]ccc12)C(C)C. The Kier molecular flexibility index (Phi) is 2.08. The van der Waals surface area contributed by atoms with Crippen LogP contribution >= 0.6 is 0 Å². The van der Waals surface area contributed by atoms with E-state index in [1.54, 1.807) is 6.33 Å². The minimum absolute atomic E-state index is 0.406. The molecule has 72 valence electrons. The Morgan fingerprint density at radius 2 is 2.21 bits per heavy atom. The predicted molar refractivity (Wildman–Crippen MR) is 57.8 cm³/mol. The van der Waals surface area contributed by atoms with Crippen molar-refractivity contribution in [2.24, 2.45) is 5.92 Å². The lowest BCUT2D eigenvalue weighted by Gasteiger charge is -2.08. The van der Waals surface area contributed by atoms with Crippen LogP contribution in [0.4, 0.5) is 0 Å². The van der Waals surface area contributed by atoms with E-state index in [0.29, 0.717) is 5.92 Å². The largest absolute Gasteiger partial charge is 0.346 e. The molecular formula is C11H13N3. The fourth-order valence-corrected chi connectivity index (χ4v) is 1.40. The highest BCUT2D eigenvalue weighted by Crippen LogP contribution is 2.24. The molecule has 3 heteroatoms. The maximum absolute atomic E-state index is 4.27. The van der Waals surface area contributed by atoms with Gasteiger partial charge in [-0.05, 0) is 17.6 Å². The van der Waals surface area contributed by atoms with Crippen molar-refractivity contribution in [3.05, 3.63) is 30.9 Å². The van der Waals surface area contributed by atoms with E-state index in [2.05, 4.69) is 35.4 Å². The molecule has 0 fully saturated rings. The number of nitrogens with zero attached hydrogens (tertiary/aromatic N) is 2. The Morgan fingerprint density at radius 1 is 1.43 bits per heavy atom. The van der Waals surface area contributed by atoms with Crippen LogP contribution < -0.4 is 0 Å². The Balaban J connectivity index is 2.62. The lowest BCUT2D eigenvalue weighted by molar-refractivity contribution is 0.852. The second-order valence-corrected chi connectivity index (χ2v) is 3.64. The fraction of sp³-hybridized carbons (Fsp3) is 0.273. The van der Waals surface area contributed by atoms with E-state index < -0.39 is 0 Å². The van der Waals surface area contributed by atoms with Gasteiger partial charge in [0.2, 0.25) is 0 Å². The standard InChI is InChI=1S/C11H13N3/c1-7(2)8(3)10-9-4-5-12-11(9)14-6-13-10/h4-7H,3H2,1-2H3,(H,12,13,14). The van der Waals surface area contributed by atoms with Crippen LogP contribution in [0.15, 0.2) is 25.2 Å². The van der Waals surface area contributed by atoms with Crippen molar-refractivity contribution in [3.8, 4) is 0 Å². The molecule has 0 bridgehead atoms. The highest BCUT2D eigenvalue weighted by molar-refractivity contribution is 5.87. The normalized spacial score (nSPS) is 11.1. The molecular weight excluding hydrogens is 174 g/mol. The summed E-state index contributed by atoms with van der Waals surface area (Å²) in [6, 6.07) is 1.98. The van der Waals surface area contributed by atoms with Crippen molar-refractivity contribution < 1.29 is 0 Å². The second-order valence-electron chi connectivity index (χ2n) is 3.64. The third-order valence-corrected chi connectivity index (χ3v) is 2.36. The monoisotopic (exact) mass is 187 g/mol. The molecule has 1 N–H and O–H groups in total. The molecule has 0 saturated heterocycles. The summed E-state index contributed by atoms with van der Waals surface area (Å²) in [5.74, 6) is 0.406. The molecule has 3 nitrogen and oxygen atoms in total. The molecule has 0 aliphatic rings. The summed E-state index contributed by atoms with van der Waals surface area (Å²) >= 11 is 0. The minimum Gasteiger partial charge on any atom is -0.346 e. The van der Waals surface area contributed by atoms with Crippen molar-refractivity contribution in [1.29, 1.82) is 0 Å². The molecule has 2 rings (SSSR count). The molecule has 0 atom stereocenters. The first-order chi connectivity index (χ1) is 6.70. The van der Waals surface area contributed by atoms with Gasteiger partial charge in [-0.1, -0.05) is 20.4 Å². The highest BCUT2D eigenvalue weighted by atomic mass is 14.9. The lowest BCUT2D eigenvalue weighted by Crippen LogP contribution is -1.96. The van der Waals surface area contributed by atoms with E-state index in [4.69, 9.17) is 0 Å². The van der Waals surface area contributed by atoms with Crippen molar-refractivity contribution in [2.45, 2.75) is 13.8 Å². The number of nitrogens with one attached hydrogen (secondary N) is 1. The molecule has 14 heavy (non-hydrogen) atoms. The van der Waals surface area contributed by atoms with Crippen molar-refractivity contribution in [3.63, 3.8) is 0 Å². The number of fused-ring (bicyclic) bond motifs is 1. The first-order valence-corrected chi connectivity index (χ1v) is 4.67. The summed E-state index contributed by atoms with van der Waals surface area (Å²) in [6.07, 6.45) is 3.44. The van der Waals surface area contributed by atoms with Crippen LogP contribution in [0.25, 0.3) is 16.6 Å². The Morgan fingerprint density at radius 3 is 2.93 bits per heavy atom. The zero-order valence-electron chi connectivity index (χ0n) is 8.41. The maximum atomic E-state index is 4.27. The smallest absolute Gasteiger partial charge is 0.141 e. The van der Waals surface area contributed by atoms with Gasteiger partial charge in [0, 0.05) is 11.6 Å². The summed E-state index contributed by atoms with van der Waals surface area (Å²) in [5.41, 5.74) is 2.88. The third kappa shape index (κ3) is 1.31. The summed E-state index contributed by atoms with van der Waals surface area (Å²) in [5, 5.41) is 1.05. The van der Waals surface area contributed by atoms with E-state index >= 15 is 0 Å². The number of aromatic amines is 1. The van der Waals surface area contributed by atoms with Crippen LogP contribution in [-0.4, -0.2) is 15.0 Å². The lowest BCUT2D eigenvalue weighted by atomic mass is 10.0. The van der Waals surface area contributed by atoms with Gasteiger partial charge in [-0.2, -0.15) is 0 Å². The zero-order valence-corrected chi connectivity index (χ0v) is 8.41. The van der Waals surface area contributed by atoms with Gasteiger partial charge in [0.1, 0.15) is 12.0 Å². The van der Waals surface area contributed by atoms with Crippen molar-refractivity contribution in [2.75, 3.05) is 0 Å². The highest BCUT2D eigenvalue weighted by Gasteiger charge is 2.10. The van der Waals surface area contributed by atoms with Crippen molar-refractivity contribution in [1.82, 2.24) is 15.0 Å². The third-order valence-electron chi connectivity index (χ3n) is 2.36. The van der Waals surface area contributed by atoms with Gasteiger partial charge in [-0.15, -0.1) is 0 Å². The number of hydrogen-bond acceptors (Lipinski definition) is 2. The molecule has 0 radical (unpaired) electrons. The molecule has 0 aliphatic carbocycles.